The number of carbonyl (C=O) groups excluding carboxylic acids is 1. The number of aromatic nitrogens is 4. The van der Waals surface area contributed by atoms with Gasteiger partial charge < -0.3 is 9.80 Å². The van der Waals surface area contributed by atoms with E-state index in [2.05, 4.69) is 20.0 Å². The van der Waals surface area contributed by atoms with Gasteiger partial charge in [-0.15, -0.1) is 0 Å². The number of piperidine rings is 1. The van der Waals surface area contributed by atoms with Gasteiger partial charge in [0.05, 0.1) is 12.4 Å². The van der Waals surface area contributed by atoms with Crippen LogP contribution in [0.5, 0.6) is 0 Å². The minimum absolute atomic E-state index is 0.0926. The molecular weight excluding hydrogens is 292 g/mol. The molecule has 7 nitrogen and oxygen atoms in total. The van der Waals surface area contributed by atoms with Crippen molar-refractivity contribution in [1.82, 2.24) is 24.6 Å². The first kappa shape index (κ1) is 16.9. The molecule has 0 saturated carbocycles. The number of hydrogen-bond acceptors (Lipinski definition) is 5. The van der Waals surface area contributed by atoms with E-state index in [1.165, 1.54) is 31.1 Å². The van der Waals surface area contributed by atoms with Gasteiger partial charge in [-0.05, 0) is 25.3 Å². The van der Waals surface area contributed by atoms with Crippen molar-refractivity contribution < 1.29 is 4.79 Å². The summed E-state index contributed by atoms with van der Waals surface area (Å²) in [5, 5.41) is 4.17. The van der Waals surface area contributed by atoms with Gasteiger partial charge in [-0.2, -0.15) is 5.10 Å². The Morgan fingerprint density at radius 1 is 1.13 bits per heavy atom. The Morgan fingerprint density at radius 3 is 2.35 bits per heavy atom. The molecule has 0 bridgehead atoms. The first-order chi connectivity index (χ1) is 11.1. The van der Waals surface area contributed by atoms with Crippen LogP contribution < -0.4 is 4.90 Å². The highest BCUT2D eigenvalue weighted by Crippen LogP contribution is 2.17. The van der Waals surface area contributed by atoms with Crippen molar-refractivity contribution in [2.75, 3.05) is 32.1 Å². The largest absolute Gasteiger partial charge is 0.355 e. The maximum Gasteiger partial charge on any atom is 0.218 e. The standard InChI is InChI=1S/C12H15N5.C4H9NO/c1-2-6-16(7-3-1)11-9-13-10-12(15-11)17-8-4-5-14-17;1-4(6)5(2)3/h4-5,8-10H,1-3,6-7H2;1-3H3. The van der Waals surface area contributed by atoms with Gasteiger partial charge in [-0.25, -0.2) is 9.67 Å². The Bertz CT molecular complexity index is 605. The van der Waals surface area contributed by atoms with E-state index in [0.29, 0.717) is 0 Å². The van der Waals surface area contributed by atoms with Crippen molar-refractivity contribution in [1.29, 1.82) is 0 Å². The molecule has 23 heavy (non-hydrogen) atoms. The molecule has 3 heterocycles. The molecule has 1 saturated heterocycles. The van der Waals surface area contributed by atoms with Crippen molar-refractivity contribution in [3.05, 3.63) is 30.9 Å². The van der Waals surface area contributed by atoms with E-state index >= 15 is 0 Å². The summed E-state index contributed by atoms with van der Waals surface area (Å²) < 4.78 is 1.74. The second kappa shape index (κ2) is 8.26. The lowest BCUT2D eigenvalue weighted by Gasteiger charge is -2.27. The quantitative estimate of drug-likeness (QED) is 0.844. The fourth-order valence-corrected chi connectivity index (χ4v) is 2.14. The average molecular weight is 316 g/mol. The summed E-state index contributed by atoms with van der Waals surface area (Å²) in [7, 11) is 3.45. The van der Waals surface area contributed by atoms with Crippen LogP contribution in [-0.2, 0) is 4.79 Å². The van der Waals surface area contributed by atoms with Crippen LogP contribution >= 0.6 is 0 Å². The van der Waals surface area contributed by atoms with Gasteiger partial charge in [0, 0.05) is 46.5 Å². The van der Waals surface area contributed by atoms with E-state index in [0.717, 1.165) is 24.7 Å². The van der Waals surface area contributed by atoms with E-state index in [4.69, 9.17) is 0 Å². The lowest BCUT2D eigenvalue weighted by atomic mass is 10.1. The average Bonchev–Trinajstić information content (AvgIpc) is 3.11. The summed E-state index contributed by atoms with van der Waals surface area (Å²) in [5.41, 5.74) is 0. The molecule has 124 valence electrons. The summed E-state index contributed by atoms with van der Waals surface area (Å²) in [6, 6.07) is 1.88. The van der Waals surface area contributed by atoms with Crippen LogP contribution in [0.2, 0.25) is 0 Å². The smallest absolute Gasteiger partial charge is 0.218 e. The molecule has 1 aliphatic rings. The van der Waals surface area contributed by atoms with Gasteiger partial charge in [0.1, 0.15) is 5.82 Å². The monoisotopic (exact) mass is 316 g/mol. The van der Waals surface area contributed by atoms with E-state index < -0.39 is 0 Å². The second-order valence-corrected chi connectivity index (χ2v) is 5.65. The number of nitrogens with zero attached hydrogens (tertiary/aromatic N) is 6. The predicted molar refractivity (Wildman–Crippen MR) is 89.6 cm³/mol. The molecule has 0 atom stereocenters. The van der Waals surface area contributed by atoms with Crippen LogP contribution in [0.4, 0.5) is 5.82 Å². The number of hydrogen-bond donors (Lipinski definition) is 0. The molecule has 0 aromatic carbocycles. The number of carbonyl (C=O) groups is 1. The first-order valence-corrected chi connectivity index (χ1v) is 7.83. The molecular formula is C16H24N6O. The highest BCUT2D eigenvalue weighted by atomic mass is 16.2. The Labute approximate surface area is 137 Å². The highest BCUT2D eigenvalue weighted by Gasteiger charge is 2.13. The summed E-state index contributed by atoms with van der Waals surface area (Å²) in [6.07, 6.45) is 11.0. The van der Waals surface area contributed by atoms with Gasteiger partial charge in [0.15, 0.2) is 5.82 Å². The molecule has 1 fully saturated rings. The summed E-state index contributed by atoms with van der Waals surface area (Å²) >= 11 is 0. The number of rotatable bonds is 2. The third-order valence-corrected chi connectivity index (χ3v) is 3.66. The molecule has 0 radical (unpaired) electrons. The fourth-order valence-electron chi connectivity index (χ4n) is 2.14. The lowest BCUT2D eigenvalue weighted by Crippen LogP contribution is -2.30. The molecule has 2 aromatic heterocycles. The van der Waals surface area contributed by atoms with E-state index in [1.54, 1.807) is 31.2 Å². The molecule has 7 heteroatoms. The topological polar surface area (TPSA) is 67.2 Å². The summed E-state index contributed by atoms with van der Waals surface area (Å²) in [4.78, 5) is 22.7. The molecule has 0 N–H and O–H groups in total. The van der Waals surface area contributed by atoms with Crippen molar-refractivity contribution in [3.63, 3.8) is 0 Å². The molecule has 1 aliphatic heterocycles. The molecule has 3 rings (SSSR count). The Hall–Kier alpha value is -2.44. The van der Waals surface area contributed by atoms with Crippen LogP contribution in [0.15, 0.2) is 30.9 Å². The van der Waals surface area contributed by atoms with Crippen LogP contribution in [-0.4, -0.2) is 57.7 Å². The molecule has 0 unspecified atom stereocenters. The van der Waals surface area contributed by atoms with Crippen LogP contribution in [0.1, 0.15) is 26.2 Å². The molecule has 1 amide bonds. The first-order valence-electron chi connectivity index (χ1n) is 7.83. The molecule has 0 aliphatic carbocycles. The minimum Gasteiger partial charge on any atom is -0.355 e. The fraction of sp³-hybridized carbons (Fsp3) is 0.500. The van der Waals surface area contributed by atoms with E-state index in [9.17, 15) is 4.79 Å². The lowest BCUT2D eigenvalue weighted by molar-refractivity contribution is -0.126. The Morgan fingerprint density at radius 2 is 1.78 bits per heavy atom. The van der Waals surface area contributed by atoms with Gasteiger partial charge in [-0.3, -0.25) is 9.78 Å². The highest BCUT2D eigenvalue weighted by molar-refractivity contribution is 5.72. The van der Waals surface area contributed by atoms with Crippen LogP contribution in [0.3, 0.4) is 0 Å². The SMILES string of the molecule is CC(=O)N(C)C.c1cnn(-c2cncc(N3CCCCC3)n2)c1. The predicted octanol–water partition coefficient (Wildman–Crippen LogP) is 1.75. The van der Waals surface area contributed by atoms with Gasteiger partial charge in [-0.1, -0.05) is 0 Å². The summed E-state index contributed by atoms with van der Waals surface area (Å²) in [5.74, 6) is 1.82. The summed E-state index contributed by atoms with van der Waals surface area (Å²) in [6.45, 7) is 3.69. The maximum atomic E-state index is 10.1. The normalized spacial score (nSPS) is 14.0. The van der Waals surface area contributed by atoms with Crippen molar-refractivity contribution >= 4 is 11.7 Å². The van der Waals surface area contributed by atoms with Crippen molar-refractivity contribution in [3.8, 4) is 5.82 Å². The Kier molecular flexibility index (Phi) is 6.08. The van der Waals surface area contributed by atoms with Crippen molar-refractivity contribution in [2.24, 2.45) is 0 Å². The van der Waals surface area contributed by atoms with Gasteiger partial charge in [0.25, 0.3) is 0 Å². The third-order valence-electron chi connectivity index (χ3n) is 3.66. The zero-order valence-corrected chi connectivity index (χ0v) is 14.0. The van der Waals surface area contributed by atoms with E-state index in [1.807, 2.05) is 18.5 Å². The van der Waals surface area contributed by atoms with Crippen molar-refractivity contribution in [2.45, 2.75) is 26.2 Å². The van der Waals surface area contributed by atoms with Crippen LogP contribution in [0, 0.1) is 0 Å². The van der Waals surface area contributed by atoms with E-state index in [-0.39, 0.29) is 5.91 Å². The van der Waals surface area contributed by atoms with Gasteiger partial charge in [0.2, 0.25) is 5.91 Å². The molecule has 2 aromatic rings. The Balaban J connectivity index is 0.000000277. The third kappa shape index (κ3) is 5.05. The molecule has 0 spiro atoms. The zero-order chi connectivity index (χ0) is 16.7. The van der Waals surface area contributed by atoms with Gasteiger partial charge >= 0.3 is 0 Å². The second-order valence-electron chi connectivity index (χ2n) is 5.65. The number of anilines is 1. The number of amides is 1. The van der Waals surface area contributed by atoms with Crippen LogP contribution in [0.25, 0.3) is 5.82 Å². The zero-order valence-electron chi connectivity index (χ0n) is 14.0. The maximum absolute atomic E-state index is 10.1. The minimum atomic E-state index is 0.0926.